The van der Waals surface area contributed by atoms with Crippen molar-refractivity contribution in [1.29, 1.82) is 0 Å². The molecule has 2 N–H and O–H groups in total. The average Bonchev–Trinajstić information content (AvgIpc) is 3.18. The number of aromatic nitrogens is 1. The number of anilines is 1. The maximum Gasteiger partial charge on any atom is 0.266 e. The summed E-state index contributed by atoms with van der Waals surface area (Å²) in [7, 11) is -4.35. The number of hydrogen-bond acceptors (Lipinski definition) is 6. The zero-order chi connectivity index (χ0) is 23.6. The van der Waals surface area contributed by atoms with Crippen molar-refractivity contribution in [1.82, 2.24) is 10.3 Å². The second-order valence-electron chi connectivity index (χ2n) is 7.82. The lowest BCUT2D eigenvalue weighted by molar-refractivity contribution is 0.190. The summed E-state index contributed by atoms with van der Waals surface area (Å²) in [5.74, 6) is -2.22. The van der Waals surface area contributed by atoms with Crippen LogP contribution in [0.4, 0.5) is 13.9 Å². The van der Waals surface area contributed by atoms with Crippen LogP contribution in [0.25, 0.3) is 0 Å². The maximum atomic E-state index is 14.7. The molecule has 1 saturated heterocycles. The van der Waals surface area contributed by atoms with E-state index in [1.165, 1.54) is 6.20 Å². The van der Waals surface area contributed by atoms with E-state index in [2.05, 4.69) is 15.0 Å². The SMILES string of the molecule is Cc1cnc(NS(=O)(=O)c2cc(F)c(OC[C@@H]3CNCC[C@H]3c3ccc(Cl)cc3)cc2F)s1. The number of aryl methyl sites for hydroxylation is 1. The van der Waals surface area contributed by atoms with Gasteiger partial charge < -0.3 is 10.1 Å². The first-order valence-corrected chi connectivity index (χ1v) is 12.9. The minimum absolute atomic E-state index is 0.0144. The number of rotatable bonds is 7. The molecule has 6 nitrogen and oxygen atoms in total. The zero-order valence-corrected chi connectivity index (χ0v) is 20.0. The number of sulfonamides is 1. The number of ether oxygens (including phenoxy) is 1. The Kier molecular flexibility index (Phi) is 7.18. The van der Waals surface area contributed by atoms with Crippen LogP contribution in [0.3, 0.4) is 0 Å². The second kappa shape index (κ2) is 9.92. The predicted octanol–water partition coefficient (Wildman–Crippen LogP) is 4.96. The summed E-state index contributed by atoms with van der Waals surface area (Å²) in [4.78, 5) is 3.86. The largest absolute Gasteiger partial charge is 0.490 e. The molecule has 0 aliphatic carbocycles. The third-order valence-corrected chi connectivity index (χ3v) is 8.04. The number of nitrogens with one attached hydrogen (secondary N) is 2. The van der Waals surface area contributed by atoms with Crippen molar-refractivity contribution >= 4 is 38.1 Å². The zero-order valence-electron chi connectivity index (χ0n) is 17.6. The fourth-order valence-corrected chi connectivity index (χ4v) is 5.95. The van der Waals surface area contributed by atoms with Gasteiger partial charge in [-0.05, 0) is 43.5 Å². The molecule has 1 aliphatic heterocycles. The summed E-state index contributed by atoms with van der Waals surface area (Å²) >= 11 is 7.08. The summed E-state index contributed by atoms with van der Waals surface area (Å²) in [6, 6.07) is 8.97. The van der Waals surface area contributed by atoms with Gasteiger partial charge in [0.1, 0.15) is 10.7 Å². The summed E-state index contributed by atoms with van der Waals surface area (Å²) in [5, 5.41) is 4.02. The third kappa shape index (κ3) is 5.63. The minimum atomic E-state index is -4.35. The Balaban J connectivity index is 1.49. The number of nitrogens with zero attached hydrogens (tertiary/aromatic N) is 1. The first-order valence-electron chi connectivity index (χ1n) is 10.3. The van der Waals surface area contributed by atoms with E-state index in [0.717, 1.165) is 40.8 Å². The van der Waals surface area contributed by atoms with Gasteiger partial charge in [0.2, 0.25) is 0 Å². The topological polar surface area (TPSA) is 80.3 Å². The number of benzene rings is 2. The van der Waals surface area contributed by atoms with E-state index >= 15 is 0 Å². The van der Waals surface area contributed by atoms with Gasteiger partial charge in [0.15, 0.2) is 16.7 Å². The Morgan fingerprint density at radius 2 is 2.00 bits per heavy atom. The number of hydrogen-bond donors (Lipinski definition) is 2. The molecule has 176 valence electrons. The Hall–Kier alpha value is -2.27. The summed E-state index contributed by atoms with van der Waals surface area (Å²) in [6.07, 6.45) is 2.35. The molecule has 1 aliphatic rings. The molecule has 33 heavy (non-hydrogen) atoms. The number of thiazole rings is 1. The molecule has 0 unspecified atom stereocenters. The Morgan fingerprint density at radius 1 is 1.24 bits per heavy atom. The smallest absolute Gasteiger partial charge is 0.266 e. The predicted molar refractivity (Wildman–Crippen MR) is 125 cm³/mol. The van der Waals surface area contributed by atoms with Crippen molar-refractivity contribution in [3.8, 4) is 5.75 Å². The van der Waals surface area contributed by atoms with Crippen LogP contribution in [0.5, 0.6) is 5.75 Å². The van der Waals surface area contributed by atoms with Gasteiger partial charge in [-0.15, -0.1) is 11.3 Å². The van der Waals surface area contributed by atoms with Crippen LogP contribution in [0, 0.1) is 24.5 Å². The lowest BCUT2D eigenvalue weighted by atomic mass is 9.81. The molecule has 3 aromatic rings. The van der Waals surface area contributed by atoms with Crippen LogP contribution in [0.15, 0.2) is 47.5 Å². The highest BCUT2D eigenvalue weighted by atomic mass is 35.5. The molecular formula is C22H22ClF2N3O3S2. The van der Waals surface area contributed by atoms with Crippen LogP contribution in [0.2, 0.25) is 5.02 Å². The number of piperidine rings is 1. The van der Waals surface area contributed by atoms with E-state index < -0.39 is 26.6 Å². The Morgan fingerprint density at radius 3 is 2.70 bits per heavy atom. The fraction of sp³-hybridized carbons (Fsp3) is 0.318. The van der Waals surface area contributed by atoms with E-state index in [9.17, 15) is 17.2 Å². The van der Waals surface area contributed by atoms with E-state index in [-0.39, 0.29) is 29.3 Å². The molecule has 0 spiro atoms. The number of halogens is 3. The second-order valence-corrected chi connectivity index (χ2v) is 11.1. The van der Waals surface area contributed by atoms with Crippen molar-refractivity contribution < 1.29 is 21.9 Å². The van der Waals surface area contributed by atoms with E-state index in [0.29, 0.717) is 17.6 Å². The molecule has 2 aromatic carbocycles. The molecule has 4 rings (SSSR count). The third-order valence-electron chi connectivity index (χ3n) is 5.48. The van der Waals surface area contributed by atoms with Crippen LogP contribution < -0.4 is 14.8 Å². The fourth-order valence-electron chi connectivity index (χ4n) is 3.84. The molecule has 0 saturated carbocycles. The van der Waals surface area contributed by atoms with Crippen LogP contribution >= 0.6 is 22.9 Å². The van der Waals surface area contributed by atoms with Crippen molar-refractivity contribution in [2.75, 3.05) is 24.4 Å². The molecule has 1 fully saturated rings. The molecule has 0 bridgehead atoms. The lowest BCUT2D eigenvalue weighted by Crippen LogP contribution is -2.38. The lowest BCUT2D eigenvalue weighted by Gasteiger charge is -2.32. The highest BCUT2D eigenvalue weighted by molar-refractivity contribution is 7.93. The van der Waals surface area contributed by atoms with Gasteiger partial charge >= 0.3 is 0 Å². The van der Waals surface area contributed by atoms with Gasteiger partial charge in [-0.3, -0.25) is 4.72 Å². The van der Waals surface area contributed by atoms with E-state index in [1.54, 1.807) is 6.92 Å². The molecule has 11 heteroatoms. The minimum Gasteiger partial charge on any atom is -0.490 e. The summed E-state index contributed by atoms with van der Waals surface area (Å²) in [6.45, 7) is 3.38. The van der Waals surface area contributed by atoms with Gasteiger partial charge in [0, 0.05) is 40.7 Å². The van der Waals surface area contributed by atoms with Crippen molar-refractivity contribution in [2.45, 2.75) is 24.2 Å². The molecule has 2 heterocycles. The monoisotopic (exact) mass is 513 g/mol. The van der Waals surface area contributed by atoms with Crippen molar-refractivity contribution in [2.24, 2.45) is 5.92 Å². The Labute approximate surface area is 200 Å². The van der Waals surface area contributed by atoms with Gasteiger partial charge in [-0.2, -0.15) is 0 Å². The normalized spacial score (nSPS) is 18.8. The average molecular weight is 514 g/mol. The first kappa shape index (κ1) is 23.9. The van der Waals surface area contributed by atoms with Gasteiger partial charge in [0.25, 0.3) is 10.0 Å². The van der Waals surface area contributed by atoms with Gasteiger partial charge in [0.05, 0.1) is 6.61 Å². The van der Waals surface area contributed by atoms with Crippen molar-refractivity contribution in [3.63, 3.8) is 0 Å². The highest BCUT2D eigenvalue weighted by Gasteiger charge is 2.28. The summed E-state index contributed by atoms with van der Waals surface area (Å²) in [5.41, 5.74) is 1.10. The van der Waals surface area contributed by atoms with E-state index in [1.807, 2.05) is 24.3 Å². The van der Waals surface area contributed by atoms with E-state index in [4.69, 9.17) is 16.3 Å². The first-order chi connectivity index (χ1) is 15.7. The quantitative estimate of drug-likeness (QED) is 0.467. The van der Waals surface area contributed by atoms with Crippen LogP contribution in [-0.2, 0) is 10.0 Å². The van der Waals surface area contributed by atoms with Gasteiger partial charge in [-0.1, -0.05) is 23.7 Å². The van der Waals surface area contributed by atoms with Crippen LogP contribution in [-0.4, -0.2) is 33.1 Å². The highest BCUT2D eigenvalue weighted by Crippen LogP contribution is 2.33. The standard InChI is InChI=1S/C22H22ClF2N3O3S2/c1-13-10-27-22(32-13)28-33(29,30)21-9-18(24)20(8-19(21)25)31-12-15-11-26-7-6-17(15)14-2-4-16(23)5-3-14/h2-5,8-10,15,17,26H,6-7,11-12H2,1H3,(H,27,28)/t15-,17-/m0/s1. The summed E-state index contributed by atoms with van der Waals surface area (Å²) < 4.78 is 62.2. The molecule has 1 aromatic heterocycles. The van der Waals surface area contributed by atoms with Crippen LogP contribution in [0.1, 0.15) is 22.8 Å². The van der Waals surface area contributed by atoms with Gasteiger partial charge in [-0.25, -0.2) is 22.2 Å². The molecule has 2 atom stereocenters. The Bertz CT molecular complexity index is 1240. The maximum absolute atomic E-state index is 14.7. The molecule has 0 radical (unpaired) electrons. The molecule has 0 amide bonds. The van der Waals surface area contributed by atoms with Crippen molar-refractivity contribution in [3.05, 3.63) is 69.7 Å². The molecular weight excluding hydrogens is 492 g/mol.